The Hall–Kier alpha value is -3.06. The Labute approximate surface area is 164 Å². The van der Waals surface area contributed by atoms with E-state index < -0.39 is 0 Å². The number of nitrogens with one attached hydrogen (secondary N) is 1. The lowest BCUT2D eigenvalue weighted by Gasteiger charge is -2.24. The van der Waals surface area contributed by atoms with Crippen molar-refractivity contribution in [2.75, 3.05) is 26.5 Å². The van der Waals surface area contributed by atoms with Gasteiger partial charge in [0.05, 0.1) is 6.04 Å². The van der Waals surface area contributed by atoms with E-state index in [1.54, 1.807) is 23.7 Å². The minimum absolute atomic E-state index is 0.224. The largest absolute Gasteiger partial charge is 0.323 e. The molecule has 1 aromatic carbocycles. The molecule has 3 rings (SSSR count). The van der Waals surface area contributed by atoms with Gasteiger partial charge >= 0.3 is 0 Å². The maximum atomic E-state index is 13.4. The lowest BCUT2D eigenvalue weighted by atomic mass is 10.1. The van der Waals surface area contributed by atoms with Crippen molar-refractivity contribution in [1.29, 1.82) is 0 Å². The van der Waals surface area contributed by atoms with Crippen molar-refractivity contribution in [2.24, 2.45) is 4.99 Å². The van der Waals surface area contributed by atoms with Crippen LogP contribution in [0.25, 0.3) is 5.52 Å². The van der Waals surface area contributed by atoms with Crippen LogP contribution in [0, 0.1) is 5.82 Å². The summed E-state index contributed by atoms with van der Waals surface area (Å²) in [4.78, 5) is 11.1. The van der Waals surface area contributed by atoms with Crippen LogP contribution in [0.15, 0.2) is 59.2 Å². The molecule has 0 bridgehead atoms. The van der Waals surface area contributed by atoms with Crippen molar-refractivity contribution < 1.29 is 4.39 Å². The number of halogens is 1. The second-order valence-corrected chi connectivity index (χ2v) is 7.03. The van der Waals surface area contributed by atoms with E-state index in [0.29, 0.717) is 11.6 Å². The van der Waals surface area contributed by atoms with Crippen molar-refractivity contribution in [3.8, 4) is 0 Å². The van der Waals surface area contributed by atoms with E-state index in [9.17, 15) is 4.39 Å². The summed E-state index contributed by atoms with van der Waals surface area (Å²) < 4.78 is 15.2. The van der Waals surface area contributed by atoms with Gasteiger partial charge in [0, 0.05) is 13.2 Å². The summed E-state index contributed by atoms with van der Waals surface area (Å²) in [5, 5.41) is 7.99. The molecule has 146 valence electrons. The van der Waals surface area contributed by atoms with Crippen LogP contribution in [0.2, 0.25) is 0 Å². The average Bonchev–Trinajstić information content (AvgIpc) is 3.11. The van der Waals surface area contributed by atoms with Gasteiger partial charge in [-0.1, -0.05) is 17.7 Å². The molecule has 0 radical (unpaired) electrons. The Bertz CT molecular complexity index is 1010. The lowest BCUT2D eigenvalue weighted by Crippen LogP contribution is -2.25. The molecule has 0 aliphatic carbocycles. The Morgan fingerprint density at radius 2 is 1.93 bits per heavy atom. The molecule has 0 aliphatic heterocycles. The molecular formula is C21H25FN6. The van der Waals surface area contributed by atoms with Crippen LogP contribution in [0.1, 0.15) is 31.3 Å². The quantitative estimate of drug-likeness (QED) is 0.538. The van der Waals surface area contributed by atoms with E-state index >= 15 is 0 Å². The molecule has 7 heteroatoms. The van der Waals surface area contributed by atoms with Crippen LogP contribution in [-0.2, 0) is 0 Å². The number of hydrogen-bond acceptors (Lipinski definition) is 4. The summed E-state index contributed by atoms with van der Waals surface area (Å²) in [7, 11) is 5.64. The van der Waals surface area contributed by atoms with Gasteiger partial charge < -0.3 is 5.32 Å². The van der Waals surface area contributed by atoms with Gasteiger partial charge in [-0.3, -0.25) is 9.89 Å². The van der Waals surface area contributed by atoms with Gasteiger partial charge in [0.2, 0.25) is 0 Å². The zero-order valence-corrected chi connectivity index (χ0v) is 16.8. The minimum Gasteiger partial charge on any atom is -0.323 e. The van der Waals surface area contributed by atoms with E-state index in [2.05, 4.69) is 15.4 Å². The normalized spacial score (nSPS) is 13.0. The number of amidine groups is 1. The van der Waals surface area contributed by atoms with Gasteiger partial charge in [-0.05, 0) is 63.8 Å². The standard InChI is InChI=1S/C21H25FN6/c1-14(2)13-18(23-3)24-20-17-7-6-12-28(17)26-21(25-20)19(27(4)5)15-8-10-16(22)11-9-15/h6-13,19H,1-5H3,(H,23,24,25,26). The number of rotatable bonds is 5. The predicted octanol–water partition coefficient (Wildman–Crippen LogP) is 3.93. The molecule has 1 atom stereocenters. The molecule has 0 amide bonds. The predicted molar refractivity (Wildman–Crippen MR) is 111 cm³/mol. The highest BCUT2D eigenvalue weighted by Crippen LogP contribution is 2.26. The van der Waals surface area contributed by atoms with E-state index in [4.69, 9.17) is 4.98 Å². The van der Waals surface area contributed by atoms with Crippen LogP contribution >= 0.6 is 0 Å². The van der Waals surface area contributed by atoms with E-state index in [-0.39, 0.29) is 11.9 Å². The fourth-order valence-electron chi connectivity index (χ4n) is 3.03. The SMILES string of the molecule is CN=C(C=C(C)C)Nc1nc(C(c2ccc(F)cc2)N(C)C)nn2cccc12. The Morgan fingerprint density at radius 3 is 2.54 bits per heavy atom. The highest BCUT2D eigenvalue weighted by molar-refractivity contribution is 6.05. The summed E-state index contributed by atoms with van der Waals surface area (Å²) in [5.41, 5.74) is 2.90. The molecule has 28 heavy (non-hydrogen) atoms. The molecule has 1 N–H and O–H groups in total. The first-order chi connectivity index (χ1) is 13.4. The highest BCUT2D eigenvalue weighted by atomic mass is 19.1. The van der Waals surface area contributed by atoms with E-state index in [0.717, 1.165) is 22.5 Å². The third-order valence-corrected chi connectivity index (χ3v) is 4.27. The van der Waals surface area contributed by atoms with Crippen LogP contribution in [0.4, 0.5) is 10.2 Å². The molecule has 6 nitrogen and oxygen atoms in total. The van der Waals surface area contributed by atoms with Crippen molar-refractivity contribution in [3.63, 3.8) is 0 Å². The van der Waals surface area contributed by atoms with Crippen molar-refractivity contribution in [3.05, 3.63) is 71.4 Å². The van der Waals surface area contributed by atoms with Crippen molar-refractivity contribution in [2.45, 2.75) is 19.9 Å². The zero-order chi connectivity index (χ0) is 20.3. The van der Waals surface area contributed by atoms with Crippen LogP contribution in [-0.4, -0.2) is 46.5 Å². The van der Waals surface area contributed by atoms with Crippen LogP contribution < -0.4 is 5.32 Å². The lowest BCUT2D eigenvalue weighted by molar-refractivity contribution is 0.327. The van der Waals surface area contributed by atoms with Gasteiger partial charge in [0.15, 0.2) is 11.6 Å². The molecular weight excluding hydrogens is 355 g/mol. The molecule has 0 saturated heterocycles. The monoisotopic (exact) mass is 380 g/mol. The summed E-state index contributed by atoms with van der Waals surface area (Å²) in [6.07, 6.45) is 3.84. The topological polar surface area (TPSA) is 57.8 Å². The van der Waals surface area contributed by atoms with E-state index in [1.165, 1.54) is 12.1 Å². The first kappa shape index (κ1) is 19.7. The number of allylic oxidation sites excluding steroid dienone is 1. The molecule has 2 heterocycles. The number of benzene rings is 1. The fraction of sp³-hybridized carbons (Fsp3) is 0.286. The second kappa shape index (κ2) is 8.31. The molecule has 1 unspecified atom stereocenters. The van der Waals surface area contributed by atoms with Gasteiger partial charge in [-0.15, -0.1) is 0 Å². The molecule has 3 aromatic rings. The fourth-order valence-corrected chi connectivity index (χ4v) is 3.03. The first-order valence-corrected chi connectivity index (χ1v) is 9.05. The van der Waals surface area contributed by atoms with E-state index in [1.807, 2.05) is 57.2 Å². The third kappa shape index (κ3) is 4.26. The zero-order valence-electron chi connectivity index (χ0n) is 16.8. The Morgan fingerprint density at radius 1 is 1.21 bits per heavy atom. The Balaban J connectivity index is 2.10. The molecule has 2 aromatic heterocycles. The number of aliphatic imine (C=N–C) groups is 1. The van der Waals surface area contributed by atoms with Crippen LogP contribution in [0.5, 0.6) is 0 Å². The van der Waals surface area contributed by atoms with Gasteiger partial charge in [0.25, 0.3) is 0 Å². The third-order valence-electron chi connectivity index (χ3n) is 4.27. The minimum atomic E-state index is -0.268. The molecule has 0 saturated carbocycles. The van der Waals surface area contributed by atoms with Gasteiger partial charge in [-0.2, -0.15) is 5.10 Å². The summed E-state index contributed by atoms with van der Waals surface area (Å²) >= 11 is 0. The summed E-state index contributed by atoms with van der Waals surface area (Å²) in [6.45, 7) is 4.03. The van der Waals surface area contributed by atoms with Gasteiger partial charge in [-0.25, -0.2) is 13.9 Å². The van der Waals surface area contributed by atoms with Crippen LogP contribution in [0.3, 0.4) is 0 Å². The second-order valence-electron chi connectivity index (χ2n) is 7.03. The first-order valence-electron chi connectivity index (χ1n) is 9.05. The number of aromatic nitrogens is 3. The van der Waals surface area contributed by atoms with Crippen molar-refractivity contribution in [1.82, 2.24) is 19.5 Å². The summed E-state index contributed by atoms with van der Waals surface area (Å²) in [6, 6.07) is 10.1. The number of fused-ring (bicyclic) bond motifs is 1. The molecule has 0 spiro atoms. The van der Waals surface area contributed by atoms with Gasteiger partial charge in [0.1, 0.15) is 17.2 Å². The number of anilines is 1. The number of nitrogens with zero attached hydrogens (tertiary/aromatic N) is 5. The smallest absolute Gasteiger partial charge is 0.173 e. The summed E-state index contributed by atoms with van der Waals surface area (Å²) in [5.74, 6) is 1.73. The van der Waals surface area contributed by atoms with Crippen molar-refractivity contribution >= 4 is 17.2 Å². The maximum Gasteiger partial charge on any atom is 0.173 e. The molecule has 0 fully saturated rings. The average molecular weight is 380 g/mol. The molecule has 0 aliphatic rings. The highest BCUT2D eigenvalue weighted by Gasteiger charge is 2.22. The Kier molecular flexibility index (Phi) is 5.84. The maximum absolute atomic E-state index is 13.4. The number of hydrogen-bond donors (Lipinski definition) is 1.